The van der Waals surface area contributed by atoms with Gasteiger partial charge in [-0.15, -0.1) is 5.10 Å². The Labute approximate surface area is 199 Å². The lowest BCUT2D eigenvalue weighted by molar-refractivity contribution is 0.112. The van der Waals surface area contributed by atoms with Gasteiger partial charge < -0.3 is 9.40 Å². The Morgan fingerprint density at radius 2 is 2.00 bits per heavy atom. The van der Waals surface area contributed by atoms with E-state index < -0.39 is 0 Å². The van der Waals surface area contributed by atoms with Gasteiger partial charge in [-0.1, -0.05) is 19.8 Å². The van der Waals surface area contributed by atoms with Crippen LogP contribution in [0.2, 0.25) is 0 Å². The van der Waals surface area contributed by atoms with E-state index in [2.05, 4.69) is 64.4 Å². The molecule has 3 aromatic heterocycles. The van der Waals surface area contributed by atoms with Crippen LogP contribution in [-0.4, -0.2) is 36.1 Å². The van der Waals surface area contributed by atoms with Gasteiger partial charge in [0.1, 0.15) is 12.3 Å². The van der Waals surface area contributed by atoms with E-state index in [0.29, 0.717) is 19.1 Å². The van der Waals surface area contributed by atoms with E-state index in [9.17, 15) is 4.79 Å². The van der Waals surface area contributed by atoms with Crippen LogP contribution < -0.4 is 5.56 Å². The molecule has 0 aliphatic heterocycles. The van der Waals surface area contributed by atoms with Gasteiger partial charge in [-0.2, -0.15) is 0 Å². The number of benzene rings is 1. The van der Waals surface area contributed by atoms with Crippen molar-refractivity contribution in [2.24, 2.45) is 0 Å². The zero-order valence-corrected chi connectivity index (χ0v) is 20.1. The highest BCUT2D eigenvalue weighted by molar-refractivity contribution is 5.80. The summed E-state index contributed by atoms with van der Waals surface area (Å²) in [4.78, 5) is 18.7. The van der Waals surface area contributed by atoms with Gasteiger partial charge in [0.25, 0.3) is 5.56 Å². The van der Waals surface area contributed by atoms with Crippen molar-refractivity contribution >= 4 is 10.9 Å². The first-order valence-electron chi connectivity index (χ1n) is 12.2. The zero-order valence-electron chi connectivity index (χ0n) is 20.1. The minimum atomic E-state index is -0.0243. The number of nitrogens with zero attached hydrogens (tertiary/aromatic N) is 5. The molecule has 4 aromatic rings. The number of aryl methyl sites for hydroxylation is 2. The highest BCUT2D eigenvalue weighted by Gasteiger charge is 2.32. The number of nitrogens with one attached hydrogen (secondary N) is 1. The standard InChI is InChI=1S/C26H32N6O2/c1-4-24(25-28-29-30-32(25)16-22-10-7-11-34-22)31(21-8-5-6-9-21)15-20-14-19-12-17(2)18(3)13-23(19)27-26(20)33/h7,10-14,21,24H,4-6,8-9,15-16H2,1-3H3,(H,27,33). The van der Waals surface area contributed by atoms with E-state index in [0.717, 1.165) is 47.3 Å². The molecule has 1 aliphatic rings. The summed E-state index contributed by atoms with van der Waals surface area (Å²) < 4.78 is 7.36. The number of hydrogen-bond acceptors (Lipinski definition) is 6. The van der Waals surface area contributed by atoms with E-state index in [1.165, 1.54) is 24.0 Å². The van der Waals surface area contributed by atoms with E-state index in [4.69, 9.17) is 4.42 Å². The molecule has 1 atom stereocenters. The maximum atomic E-state index is 13.1. The van der Waals surface area contributed by atoms with Crippen molar-refractivity contribution in [1.82, 2.24) is 30.1 Å². The number of hydrogen-bond donors (Lipinski definition) is 1. The van der Waals surface area contributed by atoms with Crippen LogP contribution in [-0.2, 0) is 13.1 Å². The molecule has 8 nitrogen and oxygen atoms in total. The van der Waals surface area contributed by atoms with Crippen LogP contribution in [0, 0.1) is 13.8 Å². The molecule has 1 unspecified atom stereocenters. The molecule has 0 spiro atoms. The first-order chi connectivity index (χ1) is 16.5. The van der Waals surface area contributed by atoms with Crippen LogP contribution in [0.15, 0.2) is 45.8 Å². The summed E-state index contributed by atoms with van der Waals surface area (Å²) in [6.45, 7) is 7.39. The fourth-order valence-electron chi connectivity index (χ4n) is 5.24. The summed E-state index contributed by atoms with van der Waals surface area (Å²) in [5, 5.41) is 13.7. The third-order valence-electron chi connectivity index (χ3n) is 7.21. The third-order valence-corrected chi connectivity index (χ3v) is 7.21. The molecule has 1 fully saturated rings. The number of aromatic amines is 1. The van der Waals surface area contributed by atoms with Crippen molar-refractivity contribution in [1.29, 1.82) is 0 Å². The maximum Gasteiger partial charge on any atom is 0.252 e. The molecule has 0 bridgehead atoms. The van der Waals surface area contributed by atoms with Gasteiger partial charge in [0.05, 0.1) is 12.3 Å². The Morgan fingerprint density at radius 3 is 2.74 bits per heavy atom. The van der Waals surface area contributed by atoms with Crippen LogP contribution in [0.3, 0.4) is 0 Å². The number of tetrazole rings is 1. The van der Waals surface area contributed by atoms with Crippen LogP contribution in [0.1, 0.15) is 73.3 Å². The molecule has 34 heavy (non-hydrogen) atoms. The molecule has 1 aromatic carbocycles. The van der Waals surface area contributed by atoms with Crippen LogP contribution >= 0.6 is 0 Å². The van der Waals surface area contributed by atoms with E-state index in [1.807, 2.05) is 16.8 Å². The molecule has 178 valence electrons. The number of pyridine rings is 1. The van der Waals surface area contributed by atoms with E-state index in [1.54, 1.807) is 6.26 Å². The Bertz CT molecular complexity index is 1320. The molecule has 3 heterocycles. The van der Waals surface area contributed by atoms with E-state index >= 15 is 0 Å². The molecule has 1 N–H and O–H groups in total. The number of furan rings is 1. The van der Waals surface area contributed by atoms with Gasteiger partial charge >= 0.3 is 0 Å². The van der Waals surface area contributed by atoms with Gasteiger partial charge in [0.2, 0.25) is 0 Å². The van der Waals surface area contributed by atoms with Gasteiger partial charge in [0, 0.05) is 23.7 Å². The Hall–Kier alpha value is -3.26. The third kappa shape index (κ3) is 4.42. The zero-order chi connectivity index (χ0) is 23.7. The van der Waals surface area contributed by atoms with Crippen molar-refractivity contribution in [3.05, 3.63) is 75.2 Å². The smallest absolute Gasteiger partial charge is 0.252 e. The molecular weight excluding hydrogens is 428 g/mol. The van der Waals surface area contributed by atoms with Gasteiger partial charge in [-0.25, -0.2) is 4.68 Å². The molecule has 0 radical (unpaired) electrons. The molecular formula is C26H32N6O2. The number of aromatic nitrogens is 5. The predicted octanol–water partition coefficient (Wildman–Crippen LogP) is 4.67. The molecule has 1 saturated carbocycles. The second kappa shape index (κ2) is 9.54. The molecule has 0 saturated heterocycles. The van der Waals surface area contributed by atoms with Crippen LogP contribution in [0.4, 0.5) is 0 Å². The number of rotatable bonds is 8. The summed E-state index contributed by atoms with van der Waals surface area (Å²) in [7, 11) is 0. The highest BCUT2D eigenvalue weighted by atomic mass is 16.3. The second-order valence-electron chi connectivity index (χ2n) is 9.46. The quantitative estimate of drug-likeness (QED) is 0.411. The fraction of sp³-hybridized carbons (Fsp3) is 0.462. The number of H-pyrrole nitrogens is 1. The summed E-state index contributed by atoms with van der Waals surface area (Å²) in [5.41, 5.74) is 4.05. The average Bonchev–Trinajstić information content (AvgIpc) is 3.59. The SMILES string of the molecule is CCC(c1nnnn1Cc1ccco1)N(Cc1cc2cc(C)c(C)cc2[nH]c1=O)C1CCCC1. The van der Waals surface area contributed by atoms with Gasteiger partial charge in [-0.05, 0) is 90.4 Å². The first kappa shape index (κ1) is 22.5. The molecule has 0 amide bonds. The minimum absolute atomic E-state index is 0.00270. The largest absolute Gasteiger partial charge is 0.467 e. The molecule has 1 aliphatic carbocycles. The summed E-state index contributed by atoms with van der Waals surface area (Å²) in [6, 6.07) is 10.5. The van der Waals surface area contributed by atoms with Crippen molar-refractivity contribution in [2.75, 3.05) is 0 Å². The minimum Gasteiger partial charge on any atom is -0.467 e. The Kier molecular flexibility index (Phi) is 6.32. The molecule has 8 heteroatoms. The summed E-state index contributed by atoms with van der Waals surface area (Å²) in [5.74, 6) is 1.63. The van der Waals surface area contributed by atoms with Crippen molar-refractivity contribution in [2.45, 2.75) is 78.0 Å². The average molecular weight is 461 g/mol. The maximum absolute atomic E-state index is 13.1. The summed E-state index contributed by atoms with van der Waals surface area (Å²) in [6.07, 6.45) is 7.18. The topological polar surface area (TPSA) is 92.8 Å². The van der Waals surface area contributed by atoms with Gasteiger partial charge in [0.15, 0.2) is 5.82 Å². The lowest BCUT2D eigenvalue weighted by Gasteiger charge is -2.35. The normalized spacial score (nSPS) is 15.5. The Morgan fingerprint density at radius 1 is 1.21 bits per heavy atom. The van der Waals surface area contributed by atoms with E-state index in [-0.39, 0.29) is 11.6 Å². The highest BCUT2D eigenvalue weighted by Crippen LogP contribution is 2.33. The second-order valence-corrected chi connectivity index (χ2v) is 9.46. The van der Waals surface area contributed by atoms with Gasteiger partial charge in [-0.3, -0.25) is 9.69 Å². The molecule has 5 rings (SSSR count). The first-order valence-corrected chi connectivity index (χ1v) is 12.2. The Balaban J connectivity index is 1.51. The number of fused-ring (bicyclic) bond motifs is 1. The predicted molar refractivity (Wildman–Crippen MR) is 131 cm³/mol. The van der Waals surface area contributed by atoms with Crippen LogP contribution in [0.25, 0.3) is 10.9 Å². The fourth-order valence-corrected chi connectivity index (χ4v) is 5.24. The lowest BCUT2D eigenvalue weighted by Crippen LogP contribution is -2.39. The van der Waals surface area contributed by atoms with Crippen molar-refractivity contribution in [3.63, 3.8) is 0 Å². The van der Waals surface area contributed by atoms with Crippen LogP contribution in [0.5, 0.6) is 0 Å². The van der Waals surface area contributed by atoms with Crippen molar-refractivity contribution in [3.8, 4) is 0 Å². The monoisotopic (exact) mass is 460 g/mol. The van der Waals surface area contributed by atoms with Crippen molar-refractivity contribution < 1.29 is 4.42 Å². The summed E-state index contributed by atoms with van der Waals surface area (Å²) >= 11 is 0. The lowest BCUT2D eigenvalue weighted by atomic mass is 10.0.